The Labute approximate surface area is 132 Å². The summed E-state index contributed by atoms with van der Waals surface area (Å²) in [7, 11) is 3.64. The maximum absolute atomic E-state index is 11.7. The minimum absolute atomic E-state index is 0.216. The Bertz CT molecular complexity index is 491. The minimum atomic E-state index is 0.216. The molecule has 0 saturated carbocycles. The minimum Gasteiger partial charge on any atom is -0.370 e. The van der Waals surface area contributed by atoms with Gasteiger partial charge in [0.25, 0.3) is 0 Å². The van der Waals surface area contributed by atoms with Crippen LogP contribution in [-0.2, 0) is 4.79 Å². The lowest BCUT2D eigenvalue weighted by Gasteiger charge is -2.33. The van der Waals surface area contributed by atoms with Gasteiger partial charge in [0.05, 0.1) is 0 Å². The van der Waals surface area contributed by atoms with Crippen LogP contribution in [0.4, 0.5) is 11.6 Å². The highest BCUT2D eigenvalue weighted by atomic mass is 16.2. The quantitative estimate of drug-likeness (QED) is 0.871. The molecule has 1 N–H and O–H groups in total. The molecule has 1 aromatic rings. The van der Waals surface area contributed by atoms with Crippen molar-refractivity contribution >= 4 is 17.5 Å². The Kier molecular flexibility index (Phi) is 5.98. The standard InChI is InChI=1S/C16H27N5O/c1-4-17-14-10-15(19-12-18-14)21-9-5-6-13(11-21)7-8-16(22)20(2)3/h10,12-13H,4-9,11H2,1-3H3,(H,17,18,19). The van der Waals surface area contributed by atoms with E-state index in [1.807, 2.05) is 20.2 Å². The molecule has 1 amide bonds. The van der Waals surface area contributed by atoms with Crippen molar-refractivity contribution in [2.24, 2.45) is 5.92 Å². The lowest BCUT2D eigenvalue weighted by molar-refractivity contribution is -0.129. The summed E-state index contributed by atoms with van der Waals surface area (Å²) in [6.07, 6.45) is 5.56. The van der Waals surface area contributed by atoms with Crippen LogP contribution in [0.3, 0.4) is 0 Å². The van der Waals surface area contributed by atoms with Crippen LogP contribution in [0.15, 0.2) is 12.4 Å². The van der Waals surface area contributed by atoms with E-state index >= 15 is 0 Å². The lowest BCUT2D eigenvalue weighted by Crippen LogP contribution is -2.36. The first kappa shape index (κ1) is 16.5. The number of nitrogens with one attached hydrogen (secondary N) is 1. The number of carbonyl (C=O) groups is 1. The van der Waals surface area contributed by atoms with Crippen LogP contribution in [0.5, 0.6) is 0 Å². The van der Waals surface area contributed by atoms with Gasteiger partial charge in [0.1, 0.15) is 18.0 Å². The number of piperidine rings is 1. The number of hydrogen-bond donors (Lipinski definition) is 1. The van der Waals surface area contributed by atoms with Crippen molar-refractivity contribution in [1.82, 2.24) is 14.9 Å². The molecule has 0 spiro atoms. The highest BCUT2D eigenvalue weighted by Gasteiger charge is 2.22. The van der Waals surface area contributed by atoms with Crippen LogP contribution >= 0.6 is 0 Å². The van der Waals surface area contributed by atoms with Crippen LogP contribution in [-0.4, -0.2) is 54.5 Å². The maximum atomic E-state index is 11.7. The first-order chi connectivity index (χ1) is 10.6. The second-order valence-electron chi connectivity index (χ2n) is 6.07. The number of aromatic nitrogens is 2. The summed E-state index contributed by atoms with van der Waals surface area (Å²) in [5, 5.41) is 3.22. The topological polar surface area (TPSA) is 61.4 Å². The summed E-state index contributed by atoms with van der Waals surface area (Å²) in [5.41, 5.74) is 0. The van der Waals surface area contributed by atoms with E-state index in [1.165, 1.54) is 6.42 Å². The van der Waals surface area contributed by atoms with Gasteiger partial charge in [-0.1, -0.05) is 0 Å². The Morgan fingerprint density at radius 2 is 2.27 bits per heavy atom. The van der Waals surface area contributed by atoms with Gasteiger partial charge in [-0.15, -0.1) is 0 Å². The Morgan fingerprint density at radius 3 is 3.00 bits per heavy atom. The van der Waals surface area contributed by atoms with Crippen molar-refractivity contribution in [3.63, 3.8) is 0 Å². The highest BCUT2D eigenvalue weighted by molar-refractivity contribution is 5.75. The average molecular weight is 305 g/mol. The van der Waals surface area contributed by atoms with Gasteiger partial charge in [-0.2, -0.15) is 0 Å². The number of hydrogen-bond acceptors (Lipinski definition) is 5. The number of amides is 1. The van der Waals surface area contributed by atoms with Gasteiger partial charge in [-0.05, 0) is 32.1 Å². The summed E-state index contributed by atoms with van der Waals surface area (Å²) in [5.74, 6) is 2.63. The van der Waals surface area contributed by atoms with Crippen LogP contribution < -0.4 is 10.2 Å². The molecule has 1 fully saturated rings. The molecule has 2 heterocycles. The van der Waals surface area contributed by atoms with E-state index in [0.717, 1.165) is 44.1 Å². The smallest absolute Gasteiger partial charge is 0.222 e. The van der Waals surface area contributed by atoms with E-state index in [4.69, 9.17) is 0 Å². The third-order valence-corrected chi connectivity index (χ3v) is 4.12. The molecule has 1 saturated heterocycles. The first-order valence-electron chi connectivity index (χ1n) is 8.11. The van der Waals surface area contributed by atoms with E-state index in [0.29, 0.717) is 12.3 Å². The second-order valence-corrected chi connectivity index (χ2v) is 6.07. The van der Waals surface area contributed by atoms with Crippen LogP contribution in [0, 0.1) is 5.92 Å². The molecular weight excluding hydrogens is 278 g/mol. The van der Waals surface area contributed by atoms with E-state index in [9.17, 15) is 4.79 Å². The molecule has 0 aliphatic carbocycles. The molecule has 1 unspecified atom stereocenters. The van der Waals surface area contributed by atoms with Crippen LogP contribution in [0.2, 0.25) is 0 Å². The third kappa shape index (κ3) is 4.58. The Balaban J connectivity index is 1.92. The zero-order chi connectivity index (χ0) is 15.9. The largest absolute Gasteiger partial charge is 0.370 e. The van der Waals surface area contributed by atoms with Crippen molar-refractivity contribution in [1.29, 1.82) is 0 Å². The third-order valence-electron chi connectivity index (χ3n) is 4.12. The van der Waals surface area contributed by atoms with Crippen molar-refractivity contribution in [2.75, 3.05) is 43.9 Å². The number of anilines is 2. The van der Waals surface area contributed by atoms with Gasteiger partial charge in [0.15, 0.2) is 0 Å². The number of nitrogens with zero attached hydrogens (tertiary/aromatic N) is 4. The summed E-state index contributed by atoms with van der Waals surface area (Å²) in [6, 6.07) is 2.01. The summed E-state index contributed by atoms with van der Waals surface area (Å²) in [6.45, 7) is 4.91. The highest BCUT2D eigenvalue weighted by Crippen LogP contribution is 2.25. The van der Waals surface area contributed by atoms with E-state index < -0.39 is 0 Å². The van der Waals surface area contributed by atoms with Crippen LogP contribution in [0.25, 0.3) is 0 Å². The zero-order valence-corrected chi connectivity index (χ0v) is 13.9. The predicted octanol–water partition coefficient (Wildman–Crippen LogP) is 1.99. The SMILES string of the molecule is CCNc1cc(N2CCCC(CCC(=O)N(C)C)C2)ncn1. The molecule has 0 radical (unpaired) electrons. The van der Waals surface area contributed by atoms with E-state index in [2.05, 4.69) is 27.1 Å². The average Bonchev–Trinajstić information content (AvgIpc) is 2.53. The molecule has 2 rings (SSSR count). The van der Waals surface area contributed by atoms with Gasteiger partial charge in [-0.3, -0.25) is 4.79 Å². The fourth-order valence-corrected chi connectivity index (χ4v) is 2.86. The summed E-state index contributed by atoms with van der Waals surface area (Å²) < 4.78 is 0. The fourth-order valence-electron chi connectivity index (χ4n) is 2.86. The molecule has 122 valence electrons. The monoisotopic (exact) mass is 305 g/mol. The molecule has 1 aromatic heterocycles. The van der Waals surface area contributed by atoms with Crippen molar-refractivity contribution in [2.45, 2.75) is 32.6 Å². The molecule has 1 atom stereocenters. The van der Waals surface area contributed by atoms with Gasteiger partial charge in [0, 0.05) is 46.2 Å². The lowest BCUT2D eigenvalue weighted by atomic mass is 9.93. The molecule has 0 aromatic carbocycles. The van der Waals surface area contributed by atoms with E-state index in [-0.39, 0.29) is 5.91 Å². The zero-order valence-electron chi connectivity index (χ0n) is 13.9. The molecule has 6 heteroatoms. The Morgan fingerprint density at radius 1 is 1.45 bits per heavy atom. The molecular formula is C16H27N5O. The summed E-state index contributed by atoms with van der Waals surface area (Å²) >= 11 is 0. The first-order valence-corrected chi connectivity index (χ1v) is 8.11. The van der Waals surface area contributed by atoms with Crippen molar-refractivity contribution in [3.8, 4) is 0 Å². The number of rotatable bonds is 6. The van der Waals surface area contributed by atoms with Gasteiger partial charge in [0.2, 0.25) is 5.91 Å². The fraction of sp³-hybridized carbons (Fsp3) is 0.688. The maximum Gasteiger partial charge on any atom is 0.222 e. The second kappa shape index (κ2) is 7.96. The molecule has 1 aliphatic rings. The molecule has 6 nitrogen and oxygen atoms in total. The Hall–Kier alpha value is -1.85. The predicted molar refractivity (Wildman–Crippen MR) is 89.1 cm³/mol. The molecule has 1 aliphatic heterocycles. The molecule has 22 heavy (non-hydrogen) atoms. The van der Waals surface area contributed by atoms with Crippen molar-refractivity contribution < 1.29 is 4.79 Å². The number of carbonyl (C=O) groups excluding carboxylic acids is 1. The van der Waals surface area contributed by atoms with Gasteiger partial charge in [-0.25, -0.2) is 9.97 Å². The van der Waals surface area contributed by atoms with Gasteiger partial charge < -0.3 is 15.1 Å². The molecule has 0 bridgehead atoms. The normalized spacial score (nSPS) is 18.1. The van der Waals surface area contributed by atoms with Crippen molar-refractivity contribution in [3.05, 3.63) is 12.4 Å². The summed E-state index contributed by atoms with van der Waals surface area (Å²) in [4.78, 5) is 24.4. The van der Waals surface area contributed by atoms with Crippen LogP contribution in [0.1, 0.15) is 32.6 Å². The van der Waals surface area contributed by atoms with E-state index in [1.54, 1.807) is 11.2 Å². The van der Waals surface area contributed by atoms with Gasteiger partial charge >= 0.3 is 0 Å².